The minimum atomic E-state index is -5.07. The molecule has 0 saturated carbocycles. The lowest BCUT2D eigenvalue weighted by atomic mass is 10.1. The number of phenolic OH excluding ortho intramolecular Hbond substituents is 3. The summed E-state index contributed by atoms with van der Waals surface area (Å²) in [6, 6.07) is 7.00. The fourth-order valence-electron chi connectivity index (χ4n) is 2.25. The highest BCUT2D eigenvalue weighted by Crippen LogP contribution is 2.36. The Morgan fingerprint density at radius 3 is 2.20 bits per heavy atom. The summed E-state index contributed by atoms with van der Waals surface area (Å²) < 4.78 is 40.8. The fourth-order valence-corrected chi connectivity index (χ4v) is 2.61. The highest BCUT2D eigenvalue weighted by Gasteiger charge is 2.24. The van der Waals surface area contributed by atoms with Gasteiger partial charge in [0.05, 0.1) is 0 Å². The standard InChI is InChI=1S/C15H10O9S/c16-8-3-1-7(2-4-8)14-15(24-25(20,21)22)13(19)12-10(18)5-9(17)6-11(12)23-14/h1-6,16-18H,(H,20,21,22). The molecule has 3 rings (SSSR count). The van der Waals surface area contributed by atoms with E-state index in [9.17, 15) is 28.5 Å². The average molecular weight is 366 g/mol. The molecule has 0 fully saturated rings. The summed E-state index contributed by atoms with van der Waals surface area (Å²) in [7, 11) is -5.07. The van der Waals surface area contributed by atoms with E-state index in [2.05, 4.69) is 4.18 Å². The van der Waals surface area contributed by atoms with Gasteiger partial charge in [0.25, 0.3) is 0 Å². The molecule has 4 N–H and O–H groups in total. The minimum Gasteiger partial charge on any atom is -0.508 e. The van der Waals surface area contributed by atoms with E-state index in [-0.39, 0.29) is 22.7 Å². The molecule has 1 aromatic heterocycles. The van der Waals surface area contributed by atoms with Crippen LogP contribution in [0.5, 0.6) is 23.0 Å². The maximum Gasteiger partial charge on any atom is 0.446 e. The van der Waals surface area contributed by atoms with Crippen molar-refractivity contribution in [3.63, 3.8) is 0 Å². The van der Waals surface area contributed by atoms with E-state index in [0.29, 0.717) is 0 Å². The molecule has 0 bridgehead atoms. The van der Waals surface area contributed by atoms with Crippen LogP contribution in [0.4, 0.5) is 0 Å². The van der Waals surface area contributed by atoms with Crippen LogP contribution in [0.15, 0.2) is 45.6 Å². The normalized spacial score (nSPS) is 11.6. The number of phenols is 3. The SMILES string of the molecule is O=c1c(OS(=O)(=O)O)c(-c2ccc(O)cc2)oc2cc(O)cc(O)c12. The van der Waals surface area contributed by atoms with Gasteiger partial charge in [-0.15, -0.1) is 0 Å². The van der Waals surface area contributed by atoms with Gasteiger partial charge in [0, 0.05) is 17.7 Å². The predicted molar refractivity (Wildman–Crippen MR) is 85.1 cm³/mol. The van der Waals surface area contributed by atoms with E-state index < -0.39 is 38.5 Å². The smallest absolute Gasteiger partial charge is 0.446 e. The molecule has 0 radical (unpaired) electrons. The van der Waals surface area contributed by atoms with E-state index in [1.165, 1.54) is 24.3 Å². The van der Waals surface area contributed by atoms with Crippen LogP contribution >= 0.6 is 0 Å². The van der Waals surface area contributed by atoms with Crippen molar-refractivity contribution in [2.24, 2.45) is 0 Å². The molecule has 2 aromatic carbocycles. The van der Waals surface area contributed by atoms with Gasteiger partial charge in [0.1, 0.15) is 28.2 Å². The molecule has 0 amide bonds. The van der Waals surface area contributed by atoms with Crippen LogP contribution in [-0.2, 0) is 10.4 Å². The first kappa shape index (κ1) is 16.6. The largest absolute Gasteiger partial charge is 0.508 e. The van der Waals surface area contributed by atoms with Crippen molar-refractivity contribution in [1.82, 2.24) is 0 Å². The number of benzene rings is 2. The van der Waals surface area contributed by atoms with Crippen LogP contribution in [0.2, 0.25) is 0 Å². The summed E-state index contributed by atoms with van der Waals surface area (Å²) in [6.07, 6.45) is 0. The third kappa shape index (κ3) is 3.20. The molecule has 9 nitrogen and oxygen atoms in total. The van der Waals surface area contributed by atoms with Crippen molar-refractivity contribution in [1.29, 1.82) is 0 Å². The van der Waals surface area contributed by atoms with Crippen LogP contribution in [0.3, 0.4) is 0 Å². The zero-order valence-electron chi connectivity index (χ0n) is 12.2. The van der Waals surface area contributed by atoms with Gasteiger partial charge >= 0.3 is 10.4 Å². The topological polar surface area (TPSA) is 154 Å². The fraction of sp³-hybridized carbons (Fsp3) is 0. The Labute approximate surface area is 139 Å². The summed E-state index contributed by atoms with van der Waals surface area (Å²) in [5.41, 5.74) is -1.19. The van der Waals surface area contributed by atoms with E-state index in [1.54, 1.807) is 0 Å². The number of aromatic hydroxyl groups is 3. The highest BCUT2D eigenvalue weighted by molar-refractivity contribution is 7.81. The molecule has 0 aliphatic carbocycles. The van der Waals surface area contributed by atoms with Gasteiger partial charge in [-0.3, -0.25) is 9.35 Å². The summed E-state index contributed by atoms with van der Waals surface area (Å²) >= 11 is 0. The van der Waals surface area contributed by atoms with Crippen molar-refractivity contribution in [3.8, 4) is 34.3 Å². The molecule has 0 unspecified atom stereocenters. The molecule has 1 heterocycles. The highest BCUT2D eigenvalue weighted by atomic mass is 32.3. The Morgan fingerprint density at radius 1 is 0.960 bits per heavy atom. The van der Waals surface area contributed by atoms with Gasteiger partial charge in [-0.05, 0) is 24.3 Å². The lowest BCUT2D eigenvalue weighted by Gasteiger charge is -2.10. The Hall–Kier alpha value is -3.24. The van der Waals surface area contributed by atoms with E-state index in [1.807, 2.05) is 0 Å². The molecular formula is C15H10O9S. The summed E-state index contributed by atoms with van der Waals surface area (Å²) in [5, 5.41) is 28.3. The maximum atomic E-state index is 12.5. The molecule has 130 valence electrons. The molecule has 0 aliphatic heterocycles. The third-order valence-electron chi connectivity index (χ3n) is 3.24. The number of hydrogen-bond donors (Lipinski definition) is 4. The Morgan fingerprint density at radius 2 is 1.60 bits per heavy atom. The zero-order valence-corrected chi connectivity index (χ0v) is 13.0. The first-order valence-corrected chi connectivity index (χ1v) is 8.01. The van der Waals surface area contributed by atoms with Gasteiger partial charge in [0.2, 0.25) is 11.2 Å². The molecule has 25 heavy (non-hydrogen) atoms. The Balaban J connectivity index is 2.42. The summed E-state index contributed by atoms with van der Waals surface area (Å²) in [4.78, 5) is 12.5. The van der Waals surface area contributed by atoms with Crippen molar-refractivity contribution < 1.29 is 36.9 Å². The first-order valence-electron chi connectivity index (χ1n) is 6.65. The first-order chi connectivity index (χ1) is 11.7. The third-order valence-corrected chi connectivity index (χ3v) is 3.61. The van der Waals surface area contributed by atoms with Crippen LogP contribution in [0.1, 0.15) is 0 Å². The quantitative estimate of drug-likeness (QED) is 0.507. The zero-order chi connectivity index (χ0) is 18.4. The van der Waals surface area contributed by atoms with Crippen molar-refractivity contribution in [2.75, 3.05) is 0 Å². The van der Waals surface area contributed by atoms with E-state index in [0.717, 1.165) is 12.1 Å². The monoisotopic (exact) mass is 366 g/mol. The maximum absolute atomic E-state index is 12.5. The summed E-state index contributed by atoms with van der Waals surface area (Å²) in [6.45, 7) is 0. The molecular weight excluding hydrogens is 356 g/mol. The van der Waals surface area contributed by atoms with Crippen molar-refractivity contribution in [3.05, 3.63) is 46.6 Å². The van der Waals surface area contributed by atoms with Gasteiger partial charge in [-0.2, -0.15) is 8.42 Å². The minimum absolute atomic E-state index is 0.0978. The molecule has 10 heteroatoms. The Kier molecular flexibility index (Phi) is 3.78. The van der Waals surface area contributed by atoms with Crippen LogP contribution in [0.25, 0.3) is 22.3 Å². The van der Waals surface area contributed by atoms with Gasteiger partial charge < -0.3 is 23.9 Å². The van der Waals surface area contributed by atoms with Gasteiger partial charge in [0.15, 0.2) is 5.76 Å². The predicted octanol–water partition coefficient (Wildman–Crippen LogP) is 1.76. The second-order valence-electron chi connectivity index (χ2n) is 4.99. The molecule has 0 spiro atoms. The van der Waals surface area contributed by atoms with Crippen LogP contribution in [-0.4, -0.2) is 28.3 Å². The lowest BCUT2D eigenvalue weighted by Crippen LogP contribution is -2.15. The van der Waals surface area contributed by atoms with E-state index in [4.69, 9.17) is 8.97 Å². The van der Waals surface area contributed by atoms with Gasteiger partial charge in [-0.25, -0.2) is 0 Å². The van der Waals surface area contributed by atoms with Crippen molar-refractivity contribution >= 4 is 21.4 Å². The van der Waals surface area contributed by atoms with Crippen LogP contribution < -0.4 is 9.61 Å². The lowest BCUT2D eigenvalue weighted by molar-refractivity contribution is 0.380. The summed E-state index contributed by atoms with van der Waals surface area (Å²) in [5.74, 6) is -2.43. The average Bonchev–Trinajstić information content (AvgIpc) is 2.49. The number of hydrogen-bond acceptors (Lipinski definition) is 8. The second-order valence-corrected chi connectivity index (χ2v) is 6.01. The van der Waals surface area contributed by atoms with Crippen LogP contribution in [0, 0.1) is 0 Å². The molecule has 0 atom stereocenters. The second kappa shape index (κ2) is 5.69. The van der Waals surface area contributed by atoms with Crippen molar-refractivity contribution in [2.45, 2.75) is 0 Å². The molecule has 3 aromatic rings. The number of rotatable bonds is 3. The molecule has 0 saturated heterocycles. The molecule has 0 aliphatic rings. The Bertz CT molecular complexity index is 1130. The number of fused-ring (bicyclic) bond motifs is 1. The van der Waals surface area contributed by atoms with Gasteiger partial charge in [-0.1, -0.05) is 0 Å². The van der Waals surface area contributed by atoms with E-state index >= 15 is 0 Å².